The summed E-state index contributed by atoms with van der Waals surface area (Å²) >= 11 is 1.26. The molecule has 0 spiro atoms. The van der Waals surface area contributed by atoms with Gasteiger partial charge in [0.25, 0.3) is 0 Å². The Bertz CT molecular complexity index is 1370. The van der Waals surface area contributed by atoms with E-state index in [-0.39, 0.29) is 11.7 Å². The Morgan fingerprint density at radius 1 is 1.03 bits per heavy atom. The third-order valence-electron chi connectivity index (χ3n) is 5.87. The van der Waals surface area contributed by atoms with Crippen LogP contribution in [0.5, 0.6) is 5.75 Å². The van der Waals surface area contributed by atoms with E-state index in [1.165, 1.54) is 36.3 Å². The Kier molecular flexibility index (Phi) is 6.14. The molecule has 3 heterocycles. The molecule has 0 saturated heterocycles. The fraction of sp³-hybridized carbons (Fsp3) is 0.200. The van der Waals surface area contributed by atoms with Crippen LogP contribution in [-0.4, -0.2) is 21.4 Å². The van der Waals surface area contributed by atoms with Gasteiger partial charge in [-0.1, -0.05) is 12.1 Å². The number of nitrogens with one attached hydrogen (secondary N) is 1. The number of fused-ring (bicyclic) bond motifs is 1. The molecule has 0 bridgehead atoms. The highest BCUT2D eigenvalue weighted by Crippen LogP contribution is 2.44. The van der Waals surface area contributed by atoms with Gasteiger partial charge in [-0.25, -0.2) is 9.37 Å². The van der Waals surface area contributed by atoms with Crippen LogP contribution in [0.4, 0.5) is 23.4 Å². The van der Waals surface area contributed by atoms with Gasteiger partial charge in [0, 0.05) is 47.4 Å². The third kappa shape index (κ3) is 4.84. The van der Waals surface area contributed by atoms with E-state index >= 15 is 0 Å². The molecule has 0 amide bonds. The van der Waals surface area contributed by atoms with Gasteiger partial charge in [0.15, 0.2) is 0 Å². The summed E-state index contributed by atoms with van der Waals surface area (Å²) in [5.41, 5.74) is 2.09. The van der Waals surface area contributed by atoms with E-state index in [0.29, 0.717) is 35.9 Å². The zero-order valence-corrected chi connectivity index (χ0v) is 19.3. The van der Waals surface area contributed by atoms with Crippen molar-refractivity contribution >= 4 is 17.8 Å². The molecule has 35 heavy (non-hydrogen) atoms. The average Bonchev–Trinajstić information content (AvgIpc) is 3.27. The zero-order chi connectivity index (χ0) is 24.6. The summed E-state index contributed by atoms with van der Waals surface area (Å²) in [6.07, 6.45) is -0.875. The van der Waals surface area contributed by atoms with Crippen molar-refractivity contribution in [1.29, 1.82) is 0 Å². The number of hydrogen-bond donors (Lipinski definition) is 1. The van der Waals surface area contributed by atoms with E-state index in [1.54, 1.807) is 30.1 Å². The minimum Gasteiger partial charge on any atom is -0.493 e. The van der Waals surface area contributed by atoms with Gasteiger partial charge in [-0.15, -0.1) is 0 Å². The van der Waals surface area contributed by atoms with Crippen molar-refractivity contribution in [2.24, 2.45) is 7.05 Å². The fourth-order valence-corrected chi connectivity index (χ4v) is 4.86. The number of halogens is 4. The number of pyridine rings is 1. The molecule has 5 nitrogen and oxygen atoms in total. The number of anilines is 1. The van der Waals surface area contributed by atoms with Gasteiger partial charge in [-0.3, -0.25) is 4.68 Å². The second-order valence-corrected chi connectivity index (χ2v) is 8.97. The fourth-order valence-electron chi connectivity index (χ4n) is 4.22. The van der Waals surface area contributed by atoms with Crippen LogP contribution in [-0.2, 0) is 13.2 Å². The lowest BCUT2D eigenvalue weighted by atomic mass is 9.83. The molecular formula is C25H20F4N4OS. The molecule has 1 aliphatic rings. The molecule has 180 valence electrons. The molecule has 2 aromatic carbocycles. The highest BCUT2D eigenvalue weighted by molar-refractivity contribution is 8.00. The number of nitrogens with zero attached hydrogens (tertiary/aromatic N) is 3. The summed E-state index contributed by atoms with van der Waals surface area (Å²) < 4.78 is 64.4. The van der Waals surface area contributed by atoms with Crippen molar-refractivity contribution in [2.75, 3.05) is 11.3 Å². The number of alkyl halides is 3. The maximum Gasteiger partial charge on any atom is 0.416 e. The summed E-state index contributed by atoms with van der Waals surface area (Å²) in [6, 6.07) is 13.8. The lowest BCUT2D eigenvalue weighted by Gasteiger charge is -2.28. The number of hydrogen-bond acceptors (Lipinski definition) is 5. The van der Waals surface area contributed by atoms with Gasteiger partial charge >= 0.3 is 6.18 Å². The lowest BCUT2D eigenvalue weighted by molar-refractivity contribution is -0.137. The van der Waals surface area contributed by atoms with E-state index in [1.807, 2.05) is 18.2 Å². The first kappa shape index (κ1) is 23.2. The van der Waals surface area contributed by atoms with Gasteiger partial charge in [0.05, 0.1) is 17.9 Å². The molecule has 1 aliphatic heterocycles. The van der Waals surface area contributed by atoms with Gasteiger partial charge < -0.3 is 9.46 Å². The number of aryl methyl sites for hydroxylation is 1. The normalized spacial score (nSPS) is 15.4. The zero-order valence-electron chi connectivity index (χ0n) is 18.5. The monoisotopic (exact) mass is 500 g/mol. The molecule has 0 saturated carbocycles. The van der Waals surface area contributed by atoms with Crippen molar-refractivity contribution in [2.45, 2.75) is 23.4 Å². The second kappa shape index (κ2) is 9.26. The van der Waals surface area contributed by atoms with Gasteiger partial charge in [-0.2, -0.15) is 18.3 Å². The van der Waals surface area contributed by atoms with Gasteiger partial charge in [-0.05, 0) is 60.3 Å². The van der Waals surface area contributed by atoms with Crippen LogP contribution in [0.15, 0.2) is 71.9 Å². The van der Waals surface area contributed by atoms with Gasteiger partial charge in [0.2, 0.25) is 0 Å². The van der Waals surface area contributed by atoms with Crippen LogP contribution in [0.2, 0.25) is 0 Å². The summed E-state index contributed by atoms with van der Waals surface area (Å²) in [4.78, 5) is 4.90. The summed E-state index contributed by atoms with van der Waals surface area (Å²) in [5, 5.41) is 4.15. The van der Waals surface area contributed by atoms with E-state index in [9.17, 15) is 17.6 Å². The maximum atomic E-state index is 13.5. The minimum atomic E-state index is -4.45. The van der Waals surface area contributed by atoms with E-state index < -0.39 is 11.7 Å². The first-order valence-corrected chi connectivity index (χ1v) is 11.6. The molecule has 0 aliphatic carbocycles. The third-order valence-corrected chi connectivity index (χ3v) is 6.67. The van der Waals surface area contributed by atoms with Crippen LogP contribution in [0, 0.1) is 5.82 Å². The van der Waals surface area contributed by atoms with Crippen molar-refractivity contribution in [3.05, 3.63) is 89.5 Å². The Morgan fingerprint density at radius 3 is 2.60 bits per heavy atom. The molecule has 10 heteroatoms. The maximum absolute atomic E-state index is 13.5. The first-order valence-electron chi connectivity index (χ1n) is 10.8. The van der Waals surface area contributed by atoms with E-state index in [4.69, 9.17) is 4.74 Å². The van der Waals surface area contributed by atoms with Crippen molar-refractivity contribution < 1.29 is 22.3 Å². The van der Waals surface area contributed by atoms with Gasteiger partial charge in [0.1, 0.15) is 17.4 Å². The predicted octanol–water partition coefficient (Wildman–Crippen LogP) is 6.67. The average molecular weight is 501 g/mol. The molecule has 1 atom stereocenters. The highest BCUT2D eigenvalue weighted by Gasteiger charge is 2.33. The molecule has 1 N–H and O–H groups in total. The highest BCUT2D eigenvalue weighted by atomic mass is 32.2. The Hall–Kier alpha value is -3.53. The summed E-state index contributed by atoms with van der Waals surface area (Å²) in [5.74, 6) is 0.511. The quantitative estimate of drug-likeness (QED) is 0.245. The van der Waals surface area contributed by atoms with Crippen molar-refractivity contribution in [1.82, 2.24) is 14.8 Å². The first-order chi connectivity index (χ1) is 16.8. The molecule has 0 fully saturated rings. The SMILES string of the molecule is Cn1nccc1-c1cc(C(F)(F)F)ccc1C1CCOc2cc(SNc3cc(F)ccn3)ccc21. The number of ether oxygens (including phenoxy) is 1. The Balaban J connectivity index is 1.49. The summed E-state index contributed by atoms with van der Waals surface area (Å²) in [7, 11) is 1.71. The standard InChI is InChI=1S/C25H20F4N4OS/c1-33-22(7-10-31-33)21-12-15(25(27,28)29)2-4-18(21)19-8-11-34-23-14-17(3-5-20(19)23)35-32-24-13-16(26)6-9-30-24/h2-7,9-10,12-14,19H,8,11H2,1H3,(H,30,32). The molecule has 2 aromatic heterocycles. The van der Waals surface area contributed by atoms with Crippen LogP contribution in [0.3, 0.4) is 0 Å². The predicted molar refractivity (Wildman–Crippen MR) is 126 cm³/mol. The molecule has 5 rings (SSSR count). The van der Waals surface area contributed by atoms with E-state index in [2.05, 4.69) is 14.8 Å². The molecule has 0 radical (unpaired) electrons. The Labute approximate surface area is 203 Å². The summed E-state index contributed by atoms with van der Waals surface area (Å²) in [6.45, 7) is 0.427. The largest absolute Gasteiger partial charge is 0.493 e. The van der Waals surface area contributed by atoms with Crippen LogP contribution < -0.4 is 9.46 Å². The van der Waals surface area contributed by atoms with Crippen LogP contribution >= 0.6 is 11.9 Å². The smallest absolute Gasteiger partial charge is 0.416 e. The van der Waals surface area contributed by atoms with Crippen LogP contribution in [0.1, 0.15) is 29.0 Å². The van der Waals surface area contributed by atoms with Crippen molar-refractivity contribution in [3.63, 3.8) is 0 Å². The lowest BCUT2D eigenvalue weighted by Crippen LogP contribution is -2.17. The Morgan fingerprint density at radius 2 is 1.86 bits per heavy atom. The molecular weight excluding hydrogens is 480 g/mol. The molecule has 1 unspecified atom stereocenters. The van der Waals surface area contributed by atoms with Crippen molar-refractivity contribution in [3.8, 4) is 17.0 Å². The molecule has 4 aromatic rings. The number of aromatic nitrogens is 3. The topological polar surface area (TPSA) is 52.0 Å². The minimum absolute atomic E-state index is 0.150. The number of benzene rings is 2. The van der Waals surface area contributed by atoms with Crippen LogP contribution in [0.25, 0.3) is 11.3 Å². The number of rotatable bonds is 5. The second-order valence-electron chi connectivity index (χ2n) is 8.09. The van der Waals surface area contributed by atoms with E-state index in [0.717, 1.165) is 22.1 Å².